The van der Waals surface area contributed by atoms with Crippen molar-refractivity contribution in [3.05, 3.63) is 61.7 Å². The minimum atomic E-state index is -0.257. The van der Waals surface area contributed by atoms with Crippen LogP contribution in [0.2, 0.25) is 0 Å². The molecule has 0 spiro atoms. The number of pyridine rings is 2. The van der Waals surface area contributed by atoms with Crippen LogP contribution >= 0.6 is 0 Å². The Kier molecular flexibility index (Phi) is 3.31. The van der Waals surface area contributed by atoms with E-state index in [0.29, 0.717) is 24.9 Å². The van der Waals surface area contributed by atoms with Crippen LogP contribution in [0, 0.1) is 12.7 Å². The molecule has 1 unspecified atom stereocenters. The number of nitrogens with zero attached hydrogens (tertiary/aromatic N) is 2. The Morgan fingerprint density at radius 1 is 1.03 bits per heavy atom. The minimum absolute atomic E-state index is 0.00417. The topological polar surface area (TPSA) is 52.0 Å². The molecule has 0 radical (unpaired) electrons. The van der Waals surface area contributed by atoms with E-state index in [-0.39, 0.29) is 23.1 Å². The molecular formula is C24H21FN2O2. The zero-order chi connectivity index (χ0) is 20.0. The van der Waals surface area contributed by atoms with E-state index < -0.39 is 0 Å². The number of carbonyl (C=O) groups excluding carboxylic acids is 1. The first kappa shape index (κ1) is 17.1. The normalized spacial score (nSPS) is 19.3. The van der Waals surface area contributed by atoms with Crippen LogP contribution < -0.4 is 5.56 Å². The summed E-state index contributed by atoms with van der Waals surface area (Å²) in [6.45, 7) is 4.25. The van der Waals surface area contributed by atoms with E-state index in [1.807, 2.05) is 24.5 Å². The summed E-state index contributed by atoms with van der Waals surface area (Å²) in [7, 11) is 0. The minimum Gasteiger partial charge on any atom is -0.302 e. The highest BCUT2D eigenvalue weighted by Crippen LogP contribution is 2.42. The molecule has 1 atom stereocenters. The molecule has 3 aliphatic rings. The van der Waals surface area contributed by atoms with Crippen LogP contribution in [0.15, 0.2) is 16.9 Å². The lowest BCUT2D eigenvalue weighted by Gasteiger charge is -2.22. The van der Waals surface area contributed by atoms with E-state index >= 15 is 0 Å². The summed E-state index contributed by atoms with van der Waals surface area (Å²) in [6.07, 6.45) is 3.73. The van der Waals surface area contributed by atoms with E-state index in [9.17, 15) is 14.0 Å². The number of halogens is 1. The molecule has 1 aliphatic heterocycles. The average Bonchev–Trinajstić information content (AvgIpc) is 3.08. The zero-order valence-corrected chi connectivity index (χ0v) is 16.6. The molecule has 0 bridgehead atoms. The third kappa shape index (κ3) is 2.10. The monoisotopic (exact) mass is 388 g/mol. The standard InChI is InChI=1S/C24H21FN2O2/c1-11-13-4-3-5-14-17-10-27-20(23(17)26-19(22(13)14)9-18(11)25)8-16-12(2)21(28)7-6-15(16)24(27)29/h8-9,12H,3-7,10H2,1-2H3. The van der Waals surface area contributed by atoms with E-state index in [1.165, 1.54) is 11.6 Å². The van der Waals surface area contributed by atoms with Gasteiger partial charge in [-0.1, -0.05) is 6.92 Å². The quantitative estimate of drug-likeness (QED) is 0.458. The van der Waals surface area contributed by atoms with Crippen LogP contribution in [0.25, 0.3) is 22.3 Å². The van der Waals surface area contributed by atoms with Crippen molar-refractivity contribution in [3.63, 3.8) is 0 Å². The molecule has 0 fully saturated rings. The van der Waals surface area contributed by atoms with Gasteiger partial charge < -0.3 is 4.57 Å². The van der Waals surface area contributed by atoms with Crippen molar-refractivity contribution in [3.8, 4) is 11.4 Å². The number of hydrogen-bond donors (Lipinski definition) is 0. The van der Waals surface area contributed by atoms with Gasteiger partial charge in [-0.3, -0.25) is 9.59 Å². The van der Waals surface area contributed by atoms with Crippen LogP contribution in [0.1, 0.15) is 59.1 Å². The molecule has 0 saturated heterocycles. The molecule has 29 heavy (non-hydrogen) atoms. The summed E-state index contributed by atoms with van der Waals surface area (Å²) in [5.74, 6) is -0.288. The molecule has 0 amide bonds. The van der Waals surface area contributed by atoms with Crippen molar-refractivity contribution in [1.29, 1.82) is 0 Å². The van der Waals surface area contributed by atoms with Crippen LogP contribution in [0.4, 0.5) is 4.39 Å². The van der Waals surface area contributed by atoms with Gasteiger partial charge in [0.25, 0.3) is 5.56 Å². The van der Waals surface area contributed by atoms with Crippen LogP contribution in [0.5, 0.6) is 0 Å². The van der Waals surface area contributed by atoms with E-state index in [2.05, 4.69) is 0 Å². The summed E-state index contributed by atoms with van der Waals surface area (Å²) >= 11 is 0. The van der Waals surface area contributed by atoms with Gasteiger partial charge in [0.2, 0.25) is 0 Å². The second-order valence-electron chi connectivity index (χ2n) is 8.67. The van der Waals surface area contributed by atoms with E-state index in [0.717, 1.165) is 63.9 Å². The summed E-state index contributed by atoms with van der Waals surface area (Å²) in [5, 5.41) is 1.09. The van der Waals surface area contributed by atoms with Gasteiger partial charge in [0.1, 0.15) is 11.6 Å². The Bertz CT molecular complexity index is 1340. The number of hydrogen-bond acceptors (Lipinski definition) is 3. The van der Waals surface area contributed by atoms with Crippen molar-refractivity contribution in [1.82, 2.24) is 9.55 Å². The second-order valence-corrected chi connectivity index (χ2v) is 8.67. The predicted octanol–water partition coefficient (Wildman–Crippen LogP) is 3.98. The maximum atomic E-state index is 14.6. The molecule has 6 rings (SSSR count). The Balaban J connectivity index is 1.68. The van der Waals surface area contributed by atoms with E-state index in [1.54, 1.807) is 0 Å². The molecule has 5 heteroatoms. The molecule has 146 valence electrons. The lowest BCUT2D eigenvalue weighted by Crippen LogP contribution is -2.30. The molecule has 1 aromatic carbocycles. The fourth-order valence-electron chi connectivity index (χ4n) is 5.60. The fourth-order valence-corrected chi connectivity index (χ4v) is 5.60. The third-order valence-electron chi connectivity index (χ3n) is 7.23. The van der Waals surface area contributed by atoms with Crippen LogP contribution in [-0.2, 0) is 30.6 Å². The molecule has 3 aromatic rings. The van der Waals surface area contributed by atoms with Gasteiger partial charge in [-0.05, 0) is 60.9 Å². The first-order chi connectivity index (χ1) is 14.0. The SMILES string of the molecule is Cc1c(F)cc2nc3c(c4c2c1CCC4)Cn1c-3cc2c(c1=O)CCC(=O)C2C. The highest BCUT2D eigenvalue weighted by Gasteiger charge is 2.33. The number of fused-ring (bicyclic) bond motifs is 5. The summed E-state index contributed by atoms with van der Waals surface area (Å²) in [4.78, 5) is 30.4. The number of rotatable bonds is 0. The Labute approximate surface area is 167 Å². The molecular weight excluding hydrogens is 367 g/mol. The van der Waals surface area contributed by atoms with Gasteiger partial charge in [0.15, 0.2) is 0 Å². The van der Waals surface area contributed by atoms with Crippen molar-refractivity contribution < 1.29 is 9.18 Å². The van der Waals surface area contributed by atoms with Gasteiger partial charge in [-0.2, -0.15) is 0 Å². The van der Waals surface area contributed by atoms with Gasteiger partial charge in [0, 0.05) is 34.9 Å². The van der Waals surface area contributed by atoms with Gasteiger partial charge >= 0.3 is 0 Å². The highest BCUT2D eigenvalue weighted by molar-refractivity contribution is 5.93. The Morgan fingerprint density at radius 2 is 1.83 bits per heavy atom. The number of aromatic nitrogens is 2. The molecule has 2 aliphatic carbocycles. The lowest BCUT2D eigenvalue weighted by atomic mass is 9.83. The molecule has 0 saturated carbocycles. The molecule has 2 aromatic heterocycles. The lowest BCUT2D eigenvalue weighted by molar-refractivity contribution is -0.120. The number of benzene rings is 1. The fraction of sp³-hybridized carbons (Fsp3) is 0.375. The average molecular weight is 388 g/mol. The molecule has 3 heterocycles. The Morgan fingerprint density at radius 3 is 2.66 bits per heavy atom. The van der Waals surface area contributed by atoms with Crippen molar-refractivity contribution in [2.45, 2.75) is 58.4 Å². The zero-order valence-electron chi connectivity index (χ0n) is 16.6. The first-order valence-electron chi connectivity index (χ1n) is 10.4. The summed E-state index contributed by atoms with van der Waals surface area (Å²) < 4.78 is 16.4. The second kappa shape index (κ2) is 5.62. The Hall–Kier alpha value is -2.82. The summed E-state index contributed by atoms with van der Waals surface area (Å²) in [6, 6.07) is 3.53. The predicted molar refractivity (Wildman–Crippen MR) is 109 cm³/mol. The van der Waals surface area contributed by atoms with E-state index in [4.69, 9.17) is 4.98 Å². The number of ketones is 1. The largest absolute Gasteiger partial charge is 0.302 e. The smallest absolute Gasteiger partial charge is 0.254 e. The van der Waals surface area contributed by atoms with Gasteiger partial charge in [-0.25, -0.2) is 9.37 Å². The number of Topliss-reactive ketones (excluding diaryl/α,β-unsaturated/α-hetero) is 1. The van der Waals surface area contributed by atoms with Crippen molar-refractivity contribution >= 4 is 16.7 Å². The molecule has 4 nitrogen and oxygen atoms in total. The maximum absolute atomic E-state index is 14.6. The van der Waals surface area contributed by atoms with Gasteiger partial charge in [-0.15, -0.1) is 0 Å². The first-order valence-corrected chi connectivity index (χ1v) is 10.4. The third-order valence-corrected chi connectivity index (χ3v) is 7.23. The van der Waals surface area contributed by atoms with Crippen LogP contribution in [-0.4, -0.2) is 15.3 Å². The highest BCUT2D eigenvalue weighted by atomic mass is 19.1. The number of carbonyl (C=O) groups is 1. The van der Waals surface area contributed by atoms with Gasteiger partial charge in [0.05, 0.1) is 23.4 Å². The van der Waals surface area contributed by atoms with Crippen LogP contribution in [0.3, 0.4) is 0 Å². The van der Waals surface area contributed by atoms with Crippen molar-refractivity contribution in [2.24, 2.45) is 0 Å². The number of aryl methyl sites for hydroxylation is 2. The summed E-state index contributed by atoms with van der Waals surface area (Å²) in [5.41, 5.74) is 7.97. The van der Waals surface area contributed by atoms with Crippen molar-refractivity contribution in [2.75, 3.05) is 0 Å². The molecule has 0 N–H and O–H groups in total. The maximum Gasteiger partial charge on any atom is 0.254 e.